The number of aromatic nitrogens is 2. The molecule has 4 heterocycles. The van der Waals surface area contributed by atoms with Crippen LogP contribution in [0.1, 0.15) is 12.8 Å². The zero-order chi connectivity index (χ0) is 30.8. The molecule has 0 radical (unpaired) electrons. The van der Waals surface area contributed by atoms with E-state index in [0.717, 1.165) is 22.7 Å². The van der Waals surface area contributed by atoms with E-state index in [2.05, 4.69) is 21.5 Å². The first-order chi connectivity index (χ1) is 21.4. The maximum atomic E-state index is 14.6. The summed E-state index contributed by atoms with van der Waals surface area (Å²) in [7, 11) is 0. The minimum atomic E-state index is -0.924. The summed E-state index contributed by atoms with van der Waals surface area (Å²) >= 11 is 2.26. The van der Waals surface area contributed by atoms with Gasteiger partial charge in [0.2, 0.25) is 11.8 Å². The van der Waals surface area contributed by atoms with E-state index < -0.39 is 35.5 Å². The van der Waals surface area contributed by atoms with Crippen molar-refractivity contribution in [3.63, 3.8) is 0 Å². The molecule has 0 spiro atoms. The molecule has 2 aliphatic heterocycles. The van der Waals surface area contributed by atoms with Gasteiger partial charge in [-0.1, -0.05) is 53.0 Å². The second kappa shape index (κ2) is 12.4. The molecule has 2 saturated heterocycles. The number of carbonyl (C=O) groups is 2. The number of carbonyl (C=O) groups excluding carboxylic acids is 2. The summed E-state index contributed by atoms with van der Waals surface area (Å²) in [5.74, 6) is -2.92. The molecular weight excluding hydrogens is 607 g/mol. The molecule has 14 heteroatoms. The van der Waals surface area contributed by atoms with Crippen molar-refractivity contribution < 1.29 is 18.4 Å². The summed E-state index contributed by atoms with van der Waals surface area (Å²) in [6.45, 7) is 0.973. The fraction of sp³-hybridized carbons (Fsp3) is 0.267. The molecule has 1 N–H and O–H groups in total. The SMILES string of the molecule is N#CN1CCC(C(=O)NC2C(C(=O)N(c3ncc(-c4cccc(F)c4)s3)c3ncc(-c4ccccc4F)s3)CCN2C#N)C1. The maximum Gasteiger partial charge on any atom is 0.242 e. The van der Waals surface area contributed by atoms with E-state index in [-0.39, 0.29) is 35.7 Å². The highest BCUT2D eigenvalue weighted by molar-refractivity contribution is 7.21. The van der Waals surface area contributed by atoms with Gasteiger partial charge in [-0.05, 0) is 36.6 Å². The van der Waals surface area contributed by atoms with Crippen LogP contribution >= 0.6 is 22.7 Å². The molecule has 6 rings (SSSR count). The summed E-state index contributed by atoms with van der Waals surface area (Å²) in [6.07, 6.45) is 6.99. The molecule has 3 unspecified atom stereocenters. The number of halogens is 2. The van der Waals surface area contributed by atoms with E-state index in [1.54, 1.807) is 30.3 Å². The van der Waals surface area contributed by atoms with Gasteiger partial charge >= 0.3 is 0 Å². The fourth-order valence-corrected chi connectivity index (χ4v) is 7.33. The van der Waals surface area contributed by atoms with E-state index in [1.165, 1.54) is 45.3 Å². The number of amides is 2. The number of anilines is 2. The van der Waals surface area contributed by atoms with Crippen molar-refractivity contribution in [3.8, 4) is 33.3 Å². The van der Waals surface area contributed by atoms with Gasteiger partial charge in [0.05, 0.1) is 21.6 Å². The van der Waals surface area contributed by atoms with Gasteiger partial charge in [0.25, 0.3) is 0 Å². The van der Waals surface area contributed by atoms with Crippen LogP contribution in [-0.2, 0) is 9.59 Å². The van der Waals surface area contributed by atoms with E-state index in [1.807, 2.05) is 6.19 Å². The van der Waals surface area contributed by atoms with Crippen LogP contribution in [0.15, 0.2) is 60.9 Å². The largest absolute Gasteiger partial charge is 0.334 e. The highest BCUT2D eigenvalue weighted by atomic mass is 32.1. The number of hydrogen-bond acceptors (Lipinski definition) is 10. The number of benzene rings is 2. The third-order valence-electron chi connectivity index (χ3n) is 7.67. The fourth-order valence-electron chi connectivity index (χ4n) is 5.40. The summed E-state index contributed by atoms with van der Waals surface area (Å²) in [5, 5.41) is 22.4. The standard InChI is InChI=1S/C30H24F2N8O2S2/c31-20-5-3-4-18(12-20)24-13-35-29(43-24)40(30-36-14-25(44-30)21-6-1-2-7-23(21)32)28(42)22-9-11-39(17-34)26(22)37-27(41)19-8-10-38(15-19)16-33/h1-7,12-14,19,22,26H,8-11,15H2,(H,37,41). The van der Waals surface area contributed by atoms with Gasteiger partial charge in [-0.25, -0.2) is 23.6 Å². The first-order valence-electron chi connectivity index (χ1n) is 13.7. The average Bonchev–Trinajstić information content (AvgIpc) is 3.85. The van der Waals surface area contributed by atoms with Crippen LogP contribution in [0, 0.1) is 46.4 Å². The van der Waals surface area contributed by atoms with Crippen LogP contribution in [-0.4, -0.2) is 57.4 Å². The Hall–Kier alpha value is -4.92. The van der Waals surface area contributed by atoms with Gasteiger partial charge in [-0.3, -0.25) is 14.5 Å². The molecule has 2 aromatic carbocycles. The Morgan fingerprint density at radius 3 is 2.41 bits per heavy atom. The predicted octanol–water partition coefficient (Wildman–Crippen LogP) is 4.92. The highest BCUT2D eigenvalue weighted by Gasteiger charge is 2.44. The van der Waals surface area contributed by atoms with Crippen molar-refractivity contribution in [1.29, 1.82) is 10.5 Å². The summed E-state index contributed by atoms with van der Waals surface area (Å²) in [6, 6.07) is 12.3. The summed E-state index contributed by atoms with van der Waals surface area (Å²) in [5.41, 5.74) is 0.907. The topological polar surface area (TPSA) is 129 Å². The van der Waals surface area contributed by atoms with Crippen LogP contribution < -0.4 is 10.2 Å². The molecule has 4 aromatic rings. The van der Waals surface area contributed by atoms with Crippen molar-refractivity contribution in [2.24, 2.45) is 11.8 Å². The molecule has 44 heavy (non-hydrogen) atoms. The molecule has 2 fully saturated rings. The lowest BCUT2D eigenvalue weighted by molar-refractivity contribution is -0.128. The number of rotatable bonds is 7. The van der Waals surface area contributed by atoms with Crippen molar-refractivity contribution in [2.75, 3.05) is 24.5 Å². The van der Waals surface area contributed by atoms with Crippen LogP contribution in [0.2, 0.25) is 0 Å². The Bertz CT molecular complexity index is 1800. The second-order valence-electron chi connectivity index (χ2n) is 10.4. The molecule has 2 aliphatic rings. The number of nitriles is 2. The lowest BCUT2D eigenvalue weighted by Crippen LogP contribution is -2.51. The number of nitrogens with zero attached hydrogens (tertiary/aromatic N) is 7. The van der Waals surface area contributed by atoms with Crippen LogP contribution in [0.5, 0.6) is 0 Å². The zero-order valence-electron chi connectivity index (χ0n) is 23.1. The van der Waals surface area contributed by atoms with E-state index >= 15 is 0 Å². The smallest absolute Gasteiger partial charge is 0.242 e. The Balaban J connectivity index is 1.35. The van der Waals surface area contributed by atoms with Gasteiger partial charge in [-0.15, -0.1) is 0 Å². The van der Waals surface area contributed by atoms with Gasteiger partial charge in [-0.2, -0.15) is 10.5 Å². The van der Waals surface area contributed by atoms with Crippen LogP contribution in [0.25, 0.3) is 20.9 Å². The molecule has 2 aromatic heterocycles. The van der Waals surface area contributed by atoms with Gasteiger partial charge in [0.15, 0.2) is 22.6 Å². The third kappa shape index (κ3) is 5.69. The Labute approximate surface area is 259 Å². The zero-order valence-corrected chi connectivity index (χ0v) is 24.7. The van der Waals surface area contributed by atoms with Gasteiger partial charge in [0, 0.05) is 37.6 Å². The second-order valence-corrected chi connectivity index (χ2v) is 12.4. The molecule has 0 bridgehead atoms. The lowest BCUT2D eigenvalue weighted by Gasteiger charge is -2.28. The Morgan fingerprint density at radius 1 is 0.955 bits per heavy atom. The third-order valence-corrected chi connectivity index (χ3v) is 9.72. The minimum absolute atomic E-state index is 0.231. The average molecular weight is 631 g/mol. The minimum Gasteiger partial charge on any atom is -0.334 e. The summed E-state index contributed by atoms with van der Waals surface area (Å²) in [4.78, 5) is 41.9. The molecular formula is C30H24F2N8O2S2. The van der Waals surface area contributed by atoms with Crippen LogP contribution in [0.4, 0.5) is 19.0 Å². The van der Waals surface area contributed by atoms with Gasteiger partial charge < -0.3 is 10.2 Å². The summed E-state index contributed by atoms with van der Waals surface area (Å²) < 4.78 is 28.6. The molecule has 3 atom stereocenters. The maximum absolute atomic E-state index is 14.6. The molecule has 222 valence electrons. The van der Waals surface area contributed by atoms with Crippen molar-refractivity contribution in [1.82, 2.24) is 25.1 Å². The van der Waals surface area contributed by atoms with Crippen molar-refractivity contribution in [2.45, 2.75) is 19.0 Å². The highest BCUT2D eigenvalue weighted by Crippen LogP contribution is 2.41. The molecule has 2 amide bonds. The molecule has 0 saturated carbocycles. The number of thiazole rings is 2. The molecule has 0 aliphatic carbocycles. The Kier molecular flexibility index (Phi) is 8.19. The number of likely N-dealkylation sites (tertiary alicyclic amines) is 2. The normalized spacial score (nSPS) is 19.4. The first-order valence-corrected chi connectivity index (χ1v) is 15.4. The molecule has 10 nitrogen and oxygen atoms in total. The van der Waals surface area contributed by atoms with E-state index in [4.69, 9.17) is 0 Å². The van der Waals surface area contributed by atoms with Crippen molar-refractivity contribution >= 4 is 44.8 Å². The van der Waals surface area contributed by atoms with E-state index in [9.17, 15) is 28.9 Å². The number of nitrogens with one attached hydrogen (secondary N) is 1. The monoisotopic (exact) mass is 630 g/mol. The quantitative estimate of drug-likeness (QED) is 0.285. The predicted molar refractivity (Wildman–Crippen MR) is 160 cm³/mol. The number of hydrogen-bond donors (Lipinski definition) is 1. The Morgan fingerprint density at radius 2 is 1.70 bits per heavy atom. The first kappa shape index (κ1) is 29.2. The van der Waals surface area contributed by atoms with Gasteiger partial charge in [0.1, 0.15) is 17.8 Å². The van der Waals surface area contributed by atoms with E-state index in [0.29, 0.717) is 33.8 Å². The lowest BCUT2D eigenvalue weighted by atomic mass is 10.0. The van der Waals surface area contributed by atoms with Crippen molar-refractivity contribution in [3.05, 3.63) is 72.6 Å². The van der Waals surface area contributed by atoms with Crippen LogP contribution in [0.3, 0.4) is 0 Å².